The van der Waals surface area contributed by atoms with Crippen molar-refractivity contribution in [1.29, 1.82) is 0 Å². The second-order valence-electron chi connectivity index (χ2n) is 6.88. The number of aromatic nitrogens is 4. The molecule has 1 aliphatic rings. The molecular formula is C19H14Cl2F3N5O. The number of nitrogens with one attached hydrogen (secondary N) is 1. The molecule has 0 radical (unpaired) electrons. The van der Waals surface area contributed by atoms with E-state index >= 15 is 0 Å². The largest absolute Gasteiger partial charge is 0.416 e. The molecular weight excluding hydrogens is 442 g/mol. The first kappa shape index (κ1) is 20.6. The zero-order chi connectivity index (χ0) is 21.5. The first-order chi connectivity index (χ1) is 14.2. The van der Waals surface area contributed by atoms with Crippen LogP contribution in [0.2, 0.25) is 10.0 Å². The van der Waals surface area contributed by atoms with Crippen LogP contribution in [0.15, 0.2) is 42.9 Å². The van der Waals surface area contributed by atoms with Crippen LogP contribution in [-0.2, 0) is 6.18 Å². The molecule has 3 aromatic rings. The molecule has 4 rings (SSSR count). The number of benzene rings is 1. The van der Waals surface area contributed by atoms with Crippen molar-refractivity contribution < 1.29 is 18.0 Å². The van der Waals surface area contributed by atoms with Crippen molar-refractivity contribution >= 4 is 29.1 Å². The Hall–Kier alpha value is -2.65. The number of carbonyl (C=O) groups excluding carboxylic acids is 1. The quantitative estimate of drug-likeness (QED) is 0.595. The van der Waals surface area contributed by atoms with Crippen LogP contribution in [0.4, 0.5) is 13.2 Å². The summed E-state index contributed by atoms with van der Waals surface area (Å²) in [6, 6.07) is 5.49. The van der Waals surface area contributed by atoms with E-state index in [1.165, 1.54) is 23.3 Å². The molecule has 0 bridgehead atoms. The van der Waals surface area contributed by atoms with Gasteiger partial charge in [-0.15, -0.1) is 0 Å². The zero-order valence-corrected chi connectivity index (χ0v) is 16.7. The van der Waals surface area contributed by atoms with Crippen molar-refractivity contribution in [1.82, 2.24) is 25.1 Å². The summed E-state index contributed by atoms with van der Waals surface area (Å²) in [7, 11) is 0. The monoisotopic (exact) mass is 455 g/mol. The molecule has 1 amide bonds. The van der Waals surface area contributed by atoms with Crippen LogP contribution in [0.3, 0.4) is 0 Å². The number of nitrogens with zero attached hydrogens (tertiary/aromatic N) is 4. The second kappa shape index (κ2) is 7.88. The summed E-state index contributed by atoms with van der Waals surface area (Å²) in [5.41, 5.74) is -1.17. The maximum atomic E-state index is 13.1. The van der Waals surface area contributed by atoms with Crippen LogP contribution in [0, 0.1) is 5.92 Å². The van der Waals surface area contributed by atoms with Crippen LogP contribution in [0.1, 0.15) is 40.6 Å². The Morgan fingerprint density at radius 2 is 1.90 bits per heavy atom. The van der Waals surface area contributed by atoms with E-state index in [-0.39, 0.29) is 16.5 Å². The van der Waals surface area contributed by atoms with Gasteiger partial charge in [0.1, 0.15) is 6.33 Å². The minimum absolute atomic E-state index is 0.0884. The Morgan fingerprint density at radius 1 is 1.13 bits per heavy atom. The van der Waals surface area contributed by atoms with E-state index in [0.717, 1.165) is 25.0 Å². The maximum Gasteiger partial charge on any atom is 0.416 e. The van der Waals surface area contributed by atoms with Crippen molar-refractivity contribution in [3.05, 3.63) is 69.9 Å². The summed E-state index contributed by atoms with van der Waals surface area (Å²) in [6.07, 6.45) is -0.146. The molecule has 2 heterocycles. The Bertz CT molecular complexity index is 1080. The molecule has 1 aromatic carbocycles. The summed E-state index contributed by atoms with van der Waals surface area (Å²) in [6.45, 7) is 0. The van der Waals surface area contributed by atoms with E-state index in [9.17, 15) is 18.0 Å². The summed E-state index contributed by atoms with van der Waals surface area (Å²) in [5.74, 6) is 0.289. The van der Waals surface area contributed by atoms with Gasteiger partial charge in [0.15, 0.2) is 11.6 Å². The number of pyridine rings is 1. The number of carbonyl (C=O) groups is 1. The summed E-state index contributed by atoms with van der Waals surface area (Å²) < 4.78 is 40.7. The van der Waals surface area contributed by atoms with Gasteiger partial charge in [-0.05, 0) is 49.1 Å². The number of hydrogen-bond donors (Lipinski definition) is 1. The number of amides is 1. The van der Waals surface area contributed by atoms with Crippen molar-refractivity contribution in [3.8, 4) is 5.82 Å². The molecule has 1 fully saturated rings. The van der Waals surface area contributed by atoms with Gasteiger partial charge in [0, 0.05) is 16.8 Å². The molecule has 11 heteroatoms. The summed E-state index contributed by atoms with van der Waals surface area (Å²) in [5, 5.41) is 7.23. The Balaban J connectivity index is 1.64. The maximum absolute atomic E-state index is 13.1. The number of alkyl halides is 3. The predicted octanol–water partition coefficient (Wildman–Crippen LogP) is 4.87. The van der Waals surface area contributed by atoms with Crippen LogP contribution in [0.5, 0.6) is 0 Å². The smallest absolute Gasteiger partial charge is 0.342 e. The molecule has 0 spiro atoms. The Kier molecular flexibility index (Phi) is 5.42. The van der Waals surface area contributed by atoms with E-state index in [1.54, 1.807) is 12.1 Å². The van der Waals surface area contributed by atoms with Crippen molar-refractivity contribution in [2.45, 2.75) is 25.1 Å². The fourth-order valence-corrected chi connectivity index (χ4v) is 3.41. The van der Waals surface area contributed by atoms with E-state index in [2.05, 4.69) is 20.4 Å². The Labute approximate surface area is 179 Å². The molecule has 1 atom stereocenters. The highest BCUT2D eigenvalue weighted by Crippen LogP contribution is 2.41. The third-order valence-electron chi connectivity index (χ3n) is 4.65. The highest BCUT2D eigenvalue weighted by Gasteiger charge is 2.37. The lowest BCUT2D eigenvalue weighted by molar-refractivity contribution is -0.137. The number of hydrogen-bond acceptors (Lipinski definition) is 4. The lowest BCUT2D eigenvalue weighted by Crippen LogP contribution is -2.32. The third-order valence-corrected chi connectivity index (χ3v) is 5.09. The van der Waals surface area contributed by atoms with Gasteiger partial charge in [0.2, 0.25) is 0 Å². The van der Waals surface area contributed by atoms with Gasteiger partial charge in [0.05, 0.1) is 16.6 Å². The van der Waals surface area contributed by atoms with E-state index in [1.807, 2.05) is 0 Å². The molecule has 0 aliphatic heterocycles. The zero-order valence-electron chi connectivity index (χ0n) is 15.2. The van der Waals surface area contributed by atoms with Crippen LogP contribution < -0.4 is 5.32 Å². The lowest BCUT2D eigenvalue weighted by atomic mass is 10.1. The molecule has 6 nitrogen and oxygen atoms in total. The number of rotatable bonds is 5. The Morgan fingerprint density at radius 3 is 2.53 bits per heavy atom. The summed E-state index contributed by atoms with van der Waals surface area (Å²) >= 11 is 11.7. The normalized spacial score (nSPS) is 15.1. The molecule has 1 aliphatic carbocycles. The molecule has 0 saturated heterocycles. The van der Waals surface area contributed by atoms with Gasteiger partial charge in [-0.1, -0.05) is 23.2 Å². The summed E-state index contributed by atoms with van der Waals surface area (Å²) in [4.78, 5) is 21.2. The second-order valence-corrected chi connectivity index (χ2v) is 7.75. The minimum Gasteiger partial charge on any atom is -0.342 e. The standard InChI is InChI=1S/C19H14Cl2F3N5O/c20-13-3-4-15(25-8-13)29-17(26-9-27-29)16(10-1-2-10)28-18(30)11-5-12(19(22,23)24)7-14(21)6-11/h3-10,16H,1-2H2,(H,28,30). The van der Waals surface area contributed by atoms with Gasteiger partial charge in [-0.25, -0.2) is 9.97 Å². The van der Waals surface area contributed by atoms with E-state index < -0.39 is 23.7 Å². The van der Waals surface area contributed by atoms with Crippen LogP contribution in [-0.4, -0.2) is 25.7 Å². The fourth-order valence-electron chi connectivity index (χ4n) is 3.06. The van der Waals surface area contributed by atoms with Gasteiger partial charge in [-0.3, -0.25) is 4.79 Å². The van der Waals surface area contributed by atoms with Crippen LogP contribution >= 0.6 is 23.2 Å². The molecule has 1 unspecified atom stereocenters. The SMILES string of the molecule is O=C(NC(c1ncnn1-c1ccc(Cl)cn1)C1CC1)c1cc(Cl)cc(C(F)(F)F)c1. The van der Waals surface area contributed by atoms with Crippen LogP contribution in [0.25, 0.3) is 5.82 Å². The van der Waals surface area contributed by atoms with E-state index in [4.69, 9.17) is 23.2 Å². The van der Waals surface area contributed by atoms with Gasteiger partial charge in [0.25, 0.3) is 5.91 Å². The van der Waals surface area contributed by atoms with Crippen molar-refractivity contribution in [2.24, 2.45) is 5.92 Å². The first-order valence-electron chi connectivity index (χ1n) is 8.93. The average molecular weight is 456 g/mol. The third kappa shape index (κ3) is 4.41. The topological polar surface area (TPSA) is 72.7 Å². The lowest BCUT2D eigenvalue weighted by Gasteiger charge is -2.19. The van der Waals surface area contributed by atoms with E-state index in [0.29, 0.717) is 16.7 Å². The molecule has 30 heavy (non-hydrogen) atoms. The first-order valence-corrected chi connectivity index (χ1v) is 9.68. The highest BCUT2D eigenvalue weighted by atomic mass is 35.5. The highest BCUT2D eigenvalue weighted by molar-refractivity contribution is 6.31. The fraction of sp³-hybridized carbons (Fsp3) is 0.263. The predicted molar refractivity (Wildman–Crippen MR) is 104 cm³/mol. The average Bonchev–Trinajstić information content (AvgIpc) is 3.42. The molecule has 1 N–H and O–H groups in total. The van der Waals surface area contributed by atoms with Gasteiger partial charge in [-0.2, -0.15) is 23.0 Å². The van der Waals surface area contributed by atoms with Crippen molar-refractivity contribution in [3.63, 3.8) is 0 Å². The molecule has 2 aromatic heterocycles. The van der Waals surface area contributed by atoms with Gasteiger partial charge >= 0.3 is 6.18 Å². The van der Waals surface area contributed by atoms with Crippen molar-refractivity contribution in [2.75, 3.05) is 0 Å². The minimum atomic E-state index is -4.61. The molecule has 1 saturated carbocycles. The molecule has 156 valence electrons. The number of halogens is 5. The van der Waals surface area contributed by atoms with Gasteiger partial charge < -0.3 is 5.32 Å².